The van der Waals surface area contributed by atoms with Crippen LogP contribution < -0.4 is 5.32 Å². The van der Waals surface area contributed by atoms with E-state index in [4.69, 9.17) is 23.2 Å². The van der Waals surface area contributed by atoms with Gasteiger partial charge in [0.05, 0.1) is 5.38 Å². The zero-order valence-corrected chi connectivity index (χ0v) is 11.9. The molecule has 0 aromatic heterocycles. The minimum atomic E-state index is -0.0763. The van der Waals surface area contributed by atoms with Gasteiger partial charge in [-0.3, -0.25) is 4.79 Å². The third kappa shape index (κ3) is 2.99. The molecule has 1 N–H and O–H groups in total. The van der Waals surface area contributed by atoms with Gasteiger partial charge < -0.3 is 5.32 Å². The lowest BCUT2D eigenvalue weighted by Crippen LogP contribution is -2.43. The van der Waals surface area contributed by atoms with Crippen LogP contribution in [-0.4, -0.2) is 17.3 Å². The summed E-state index contributed by atoms with van der Waals surface area (Å²) in [6.45, 7) is 1.86. The average molecular weight is 286 g/mol. The minimum Gasteiger partial charge on any atom is -0.348 e. The molecule has 1 aliphatic rings. The van der Waals surface area contributed by atoms with Crippen molar-refractivity contribution >= 4 is 29.1 Å². The fourth-order valence-electron chi connectivity index (χ4n) is 2.35. The first-order chi connectivity index (χ1) is 8.59. The average Bonchev–Trinajstić information content (AvgIpc) is 2.35. The van der Waals surface area contributed by atoms with Crippen molar-refractivity contribution in [1.29, 1.82) is 0 Å². The molecule has 1 aromatic carbocycles. The fraction of sp³-hybridized carbons (Fsp3) is 0.500. The van der Waals surface area contributed by atoms with Gasteiger partial charge in [0.25, 0.3) is 5.91 Å². The van der Waals surface area contributed by atoms with Crippen LogP contribution in [0.15, 0.2) is 18.2 Å². The molecule has 1 aromatic rings. The number of hydrogen-bond acceptors (Lipinski definition) is 1. The van der Waals surface area contributed by atoms with Gasteiger partial charge in [0.15, 0.2) is 0 Å². The summed E-state index contributed by atoms with van der Waals surface area (Å²) in [6, 6.07) is 5.45. The Morgan fingerprint density at radius 2 is 2.06 bits per heavy atom. The Morgan fingerprint density at radius 1 is 1.33 bits per heavy atom. The lowest BCUT2D eigenvalue weighted by Gasteiger charge is -2.28. The fourth-order valence-corrected chi connectivity index (χ4v) is 2.87. The molecule has 0 saturated heterocycles. The molecule has 0 bridgehead atoms. The maximum Gasteiger partial charge on any atom is 0.251 e. The summed E-state index contributed by atoms with van der Waals surface area (Å²) in [5, 5.41) is 3.69. The van der Waals surface area contributed by atoms with E-state index in [0.29, 0.717) is 10.6 Å². The quantitative estimate of drug-likeness (QED) is 0.820. The highest BCUT2D eigenvalue weighted by molar-refractivity contribution is 6.31. The van der Waals surface area contributed by atoms with Crippen molar-refractivity contribution in [3.63, 3.8) is 0 Å². The highest BCUT2D eigenvalue weighted by Gasteiger charge is 2.25. The Balaban J connectivity index is 2.09. The van der Waals surface area contributed by atoms with Crippen LogP contribution in [0.25, 0.3) is 0 Å². The molecule has 1 fully saturated rings. The number of amides is 1. The lowest BCUT2D eigenvalue weighted by molar-refractivity contribution is 0.0928. The van der Waals surface area contributed by atoms with E-state index < -0.39 is 0 Å². The van der Waals surface area contributed by atoms with Crippen molar-refractivity contribution in [2.45, 2.75) is 44.0 Å². The third-order valence-electron chi connectivity index (χ3n) is 3.51. The third-order valence-corrected chi connectivity index (χ3v) is 4.44. The van der Waals surface area contributed by atoms with Gasteiger partial charge in [0, 0.05) is 16.6 Å². The second-order valence-electron chi connectivity index (χ2n) is 4.79. The molecule has 98 valence electrons. The monoisotopic (exact) mass is 285 g/mol. The SMILES string of the molecule is Cc1c(Cl)cccc1C(=O)NC1CCCCC1Cl. The van der Waals surface area contributed by atoms with E-state index in [1.807, 2.05) is 6.92 Å². The number of carbonyl (C=O) groups is 1. The second-order valence-corrected chi connectivity index (χ2v) is 5.76. The van der Waals surface area contributed by atoms with E-state index in [9.17, 15) is 4.79 Å². The Labute approximate surface area is 118 Å². The van der Waals surface area contributed by atoms with Crippen LogP contribution >= 0.6 is 23.2 Å². The van der Waals surface area contributed by atoms with Crippen molar-refractivity contribution in [2.75, 3.05) is 0 Å². The van der Waals surface area contributed by atoms with Gasteiger partial charge in [-0.1, -0.05) is 30.5 Å². The van der Waals surface area contributed by atoms with E-state index in [1.54, 1.807) is 18.2 Å². The summed E-state index contributed by atoms with van der Waals surface area (Å²) in [5.41, 5.74) is 1.45. The molecule has 1 amide bonds. The second kappa shape index (κ2) is 5.94. The largest absolute Gasteiger partial charge is 0.348 e. The van der Waals surface area contributed by atoms with E-state index >= 15 is 0 Å². The number of nitrogens with one attached hydrogen (secondary N) is 1. The number of benzene rings is 1. The number of alkyl halides is 1. The minimum absolute atomic E-state index is 0.0437. The Bertz CT molecular complexity index is 447. The first-order valence-corrected chi connectivity index (χ1v) is 7.11. The first kappa shape index (κ1) is 13.7. The summed E-state index contributed by atoms with van der Waals surface area (Å²) in [6.07, 6.45) is 4.21. The summed E-state index contributed by atoms with van der Waals surface area (Å²) in [4.78, 5) is 12.2. The van der Waals surface area contributed by atoms with E-state index in [1.165, 1.54) is 0 Å². The Kier molecular flexibility index (Phi) is 4.52. The molecule has 1 aliphatic carbocycles. The predicted molar refractivity (Wildman–Crippen MR) is 75.6 cm³/mol. The van der Waals surface area contributed by atoms with Gasteiger partial charge in [0.2, 0.25) is 0 Å². The van der Waals surface area contributed by atoms with Crippen LogP contribution in [0.4, 0.5) is 0 Å². The van der Waals surface area contributed by atoms with Crippen LogP contribution in [0.1, 0.15) is 41.6 Å². The van der Waals surface area contributed by atoms with E-state index in [0.717, 1.165) is 31.2 Å². The number of carbonyl (C=O) groups excluding carboxylic acids is 1. The Morgan fingerprint density at radius 3 is 2.78 bits per heavy atom. The van der Waals surface area contributed by atoms with Gasteiger partial charge in [0.1, 0.15) is 0 Å². The van der Waals surface area contributed by atoms with Gasteiger partial charge in [-0.2, -0.15) is 0 Å². The zero-order chi connectivity index (χ0) is 13.1. The lowest BCUT2D eigenvalue weighted by atomic mass is 9.94. The van der Waals surface area contributed by atoms with Crippen molar-refractivity contribution in [3.8, 4) is 0 Å². The molecule has 0 heterocycles. The summed E-state index contributed by atoms with van der Waals surface area (Å²) >= 11 is 12.3. The van der Waals surface area contributed by atoms with Crippen LogP contribution in [0, 0.1) is 6.92 Å². The van der Waals surface area contributed by atoms with Crippen LogP contribution in [0.5, 0.6) is 0 Å². The van der Waals surface area contributed by atoms with Gasteiger partial charge in [-0.25, -0.2) is 0 Å². The van der Waals surface area contributed by atoms with Crippen molar-refractivity contribution < 1.29 is 4.79 Å². The Hall–Kier alpha value is -0.730. The molecule has 2 unspecified atom stereocenters. The topological polar surface area (TPSA) is 29.1 Å². The molecule has 2 atom stereocenters. The number of halogens is 2. The molecular formula is C14H17Cl2NO. The molecular weight excluding hydrogens is 269 g/mol. The molecule has 1 saturated carbocycles. The predicted octanol–water partition coefficient (Wildman–Crippen LogP) is 3.93. The van der Waals surface area contributed by atoms with Gasteiger partial charge in [-0.05, 0) is 37.5 Å². The summed E-state index contributed by atoms with van der Waals surface area (Å²) in [7, 11) is 0. The molecule has 0 radical (unpaired) electrons. The zero-order valence-electron chi connectivity index (χ0n) is 10.4. The molecule has 2 rings (SSSR count). The number of hydrogen-bond donors (Lipinski definition) is 1. The highest BCUT2D eigenvalue weighted by Crippen LogP contribution is 2.24. The smallest absolute Gasteiger partial charge is 0.251 e. The van der Waals surface area contributed by atoms with E-state index in [2.05, 4.69) is 5.32 Å². The molecule has 2 nitrogen and oxygen atoms in total. The molecule has 18 heavy (non-hydrogen) atoms. The van der Waals surface area contributed by atoms with E-state index in [-0.39, 0.29) is 17.3 Å². The van der Waals surface area contributed by atoms with Crippen molar-refractivity contribution in [3.05, 3.63) is 34.3 Å². The van der Waals surface area contributed by atoms with Crippen LogP contribution in [-0.2, 0) is 0 Å². The highest BCUT2D eigenvalue weighted by atomic mass is 35.5. The summed E-state index contributed by atoms with van der Waals surface area (Å²) in [5.74, 6) is -0.0763. The van der Waals surface area contributed by atoms with Crippen LogP contribution in [0.3, 0.4) is 0 Å². The normalized spacial score (nSPS) is 23.7. The van der Waals surface area contributed by atoms with Crippen molar-refractivity contribution in [2.24, 2.45) is 0 Å². The van der Waals surface area contributed by atoms with Gasteiger partial charge in [-0.15, -0.1) is 11.6 Å². The standard InChI is InChI=1S/C14H17Cl2NO/c1-9-10(5-4-7-11(9)15)14(18)17-13-8-3-2-6-12(13)16/h4-5,7,12-13H,2-3,6,8H2,1H3,(H,17,18). The molecule has 0 spiro atoms. The first-order valence-electron chi connectivity index (χ1n) is 6.29. The summed E-state index contributed by atoms with van der Waals surface area (Å²) < 4.78 is 0. The number of rotatable bonds is 2. The van der Waals surface area contributed by atoms with Gasteiger partial charge >= 0.3 is 0 Å². The molecule has 4 heteroatoms. The maximum atomic E-state index is 12.2. The van der Waals surface area contributed by atoms with Crippen molar-refractivity contribution in [1.82, 2.24) is 5.32 Å². The van der Waals surface area contributed by atoms with Crippen LogP contribution in [0.2, 0.25) is 5.02 Å². The maximum absolute atomic E-state index is 12.2. The molecule has 0 aliphatic heterocycles.